The van der Waals surface area contributed by atoms with Crippen molar-refractivity contribution in [2.75, 3.05) is 6.54 Å². The van der Waals surface area contributed by atoms with Gasteiger partial charge in [-0.15, -0.1) is 0 Å². The number of hydrogen-bond acceptors (Lipinski definition) is 3. The molecule has 0 saturated heterocycles. The summed E-state index contributed by atoms with van der Waals surface area (Å²) in [5.74, 6) is 0.664. The second-order valence-electron chi connectivity index (χ2n) is 5.19. The van der Waals surface area contributed by atoms with E-state index in [1.165, 1.54) is 0 Å². The van der Waals surface area contributed by atoms with Gasteiger partial charge in [-0.25, -0.2) is 0 Å². The molecular formula is C16H26N2O2. The number of ether oxygens (including phenoxy) is 1. The monoisotopic (exact) mass is 278 g/mol. The standard InChI is InChI=1S/C16H26N2O2/c1-4-5-10-18-16(19)13(3)20-15-9-7-6-8-14(15)11-12(2)17/h6-9,12-13H,4-5,10-11,17H2,1-3H3,(H,18,19). The lowest BCUT2D eigenvalue weighted by Gasteiger charge is -2.18. The van der Waals surface area contributed by atoms with Gasteiger partial charge < -0.3 is 15.8 Å². The first-order valence-corrected chi connectivity index (χ1v) is 7.32. The van der Waals surface area contributed by atoms with Crippen LogP contribution in [0.15, 0.2) is 24.3 Å². The lowest BCUT2D eigenvalue weighted by molar-refractivity contribution is -0.127. The van der Waals surface area contributed by atoms with E-state index >= 15 is 0 Å². The Labute approximate surface area is 121 Å². The Kier molecular flexibility index (Phi) is 7.09. The quantitative estimate of drug-likeness (QED) is 0.717. The van der Waals surface area contributed by atoms with Gasteiger partial charge in [0.2, 0.25) is 0 Å². The molecule has 1 amide bonds. The molecule has 1 aromatic carbocycles. The number of carbonyl (C=O) groups is 1. The van der Waals surface area contributed by atoms with Crippen molar-refractivity contribution < 1.29 is 9.53 Å². The molecule has 4 heteroatoms. The van der Waals surface area contributed by atoms with Gasteiger partial charge in [0.1, 0.15) is 5.75 Å². The largest absolute Gasteiger partial charge is 0.481 e. The molecule has 0 aliphatic rings. The first kappa shape index (κ1) is 16.5. The number of benzene rings is 1. The van der Waals surface area contributed by atoms with Crippen LogP contribution in [0, 0.1) is 0 Å². The maximum Gasteiger partial charge on any atom is 0.260 e. The molecule has 4 nitrogen and oxygen atoms in total. The molecule has 0 bridgehead atoms. The minimum Gasteiger partial charge on any atom is -0.481 e. The molecule has 0 heterocycles. The average Bonchev–Trinajstić information content (AvgIpc) is 2.40. The highest BCUT2D eigenvalue weighted by Crippen LogP contribution is 2.20. The Bertz CT molecular complexity index is 419. The molecule has 0 radical (unpaired) electrons. The van der Waals surface area contributed by atoms with Gasteiger partial charge in [-0.05, 0) is 38.3 Å². The summed E-state index contributed by atoms with van der Waals surface area (Å²) in [5, 5.41) is 2.88. The molecule has 1 rings (SSSR count). The van der Waals surface area contributed by atoms with Crippen LogP contribution in [0.4, 0.5) is 0 Å². The molecule has 1 aromatic rings. The van der Waals surface area contributed by atoms with Crippen LogP contribution < -0.4 is 15.8 Å². The van der Waals surface area contributed by atoms with Gasteiger partial charge in [0.25, 0.3) is 5.91 Å². The fourth-order valence-corrected chi connectivity index (χ4v) is 1.91. The summed E-state index contributed by atoms with van der Waals surface area (Å²) in [7, 11) is 0. The van der Waals surface area contributed by atoms with Crippen LogP contribution in [0.25, 0.3) is 0 Å². The minimum absolute atomic E-state index is 0.0634. The van der Waals surface area contributed by atoms with Gasteiger partial charge in [-0.1, -0.05) is 31.5 Å². The Morgan fingerprint density at radius 3 is 2.70 bits per heavy atom. The summed E-state index contributed by atoms with van der Waals surface area (Å²) in [6.07, 6.45) is 2.29. The first-order chi connectivity index (χ1) is 9.54. The zero-order chi connectivity index (χ0) is 15.0. The number of carbonyl (C=O) groups excluding carboxylic acids is 1. The molecule has 0 aliphatic carbocycles. The van der Waals surface area contributed by atoms with Crippen LogP contribution >= 0.6 is 0 Å². The van der Waals surface area contributed by atoms with Crippen LogP contribution in [0.1, 0.15) is 39.2 Å². The third-order valence-corrected chi connectivity index (χ3v) is 3.02. The molecule has 0 saturated carbocycles. The van der Waals surface area contributed by atoms with E-state index in [0.29, 0.717) is 6.54 Å². The first-order valence-electron chi connectivity index (χ1n) is 7.32. The van der Waals surface area contributed by atoms with E-state index in [1.54, 1.807) is 6.92 Å². The van der Waals surface area contributed by atoms with Gasteiger partial charge in [-0.2, -0.15) is 0 Å². The molecule has 112 valence electrons. The zero-order valence-electron chi connectivity index (χ0n) is 12.7. The van der Waals surface area contributed by atoms with Crippen molar-refractivity contribution in [3.8, 4) is 5.75 Å². The highest BCUT2D eigenvalue weighted by molar-refractivity contribution is 5.80. The van der Waals surface area contributed by atoms with Crippen molar-refractivity contribution in [2.45, 2.75) is 52.2 Å². The molecular weight excluding hydrogens is 252 g/mol. The number of unbranched alkanes of at least 4 members (excludes halogenated alkanes) is 1. The van der Waals surface area contributed by atoms with Gasteiger partial charge in [0, 0.05) is 12.6 Å². The number of amides is 1. The number of hydrogen-bond donors (Lipinski definition) is 2. The van der Waals surface area contributed by atoms with Crippen molar-refractivity contribution in [3.63, 3.8) is 0 Å². The fraction of sp³-hybridized carbons (Fsp3) is 0.562. The zero-order valence-corrected chi connectivity index (χ0v) is 12.7. The van der Waals surface area contributed by atoms with Crippen molar-refractivity contribution in [1.29, 1.82) is 0 Å². The third kappa shape index (κ3) is 5.61. The number of nitrogens with one attached hydrogen (secondary N) is 1. The molecule has 20 heavy (non-hydrogen) atoms. The lowest BCUT2D eigenvalue weighted by Crippen LogP contribution is -2.37. The van der Waals surface area contributed by atoms with E-state index in [-0.39, 0.29) is 11.9 Å². The number of para-hydroxylation sites is 1. The molecule has 0 spiro atoms. The van der Waals surface area contributed by atoms with Crippen LogP contribution in [0.2, 0.25) is 0 Å². The summed E-state index contributed by atoms with van der Waals surface area (Å²) in [4.78, 5) is 11.9. The van der Waals surface area contributed by atoms with Gasteiger partial charge in [0.15, 0.2) is 6.10 Å². The van der Waals surface area contributed by atoms with Crippen LogP contribution in [0.3, 0.4) is 0 Å². The summed E-state index contributed by atoms with van der Waals surface area (Å²) in [6.45, 7) is 6.52. The Morgan fingerprint density at radius 2 is 2.05 bits per heavy atom. The normalized spacial score (nSPS) is 13.6. The molecule has 0 aromatic heterocycles. The molecule has 2 atom stereocenters. The van der Waals surface area contributed by atoms with E-state index < -0.39 is 6.10 Å². The maximum atomic E-state index is 11.9. The fourth-order valence-electron chi connectivity index (χ4n) is 1.91. The predicted octanol–water partition coefficient (Wildman–Crippen LogP) is 2.26. The van der Waals surface area contributed by atoms with Crippen LogP contribution in [-0.2, 0) is 11.2 Å². The summed E-state index contributed by atoms with van der Waals surface area (Å²) < 4.78 is 5.77. The maximum absolute atomic E-state index is 11.9. The molecule has 0 aliphatic heterocycles. The topological polar surface area (TPSA) is 64.3 Å². The van der Waals surface area contributed by atoms with Gasteiger partial charge in [-0.3, -0.25) is 4.79 Å². The van der Waals surface area contributed by atoms with Crippen molar-refractivity contribution in [2.24, 2.45) is 5.73 Å². The Morgan fingerprint density at radius 1 is 1.35 bits per heavy atom. The number of rotatable bonds is 8. The van der Waals surface area contributed by atoms with Gasteiger partial charge in [0.05, 0.1) is 0 Å². The van der Waals surface area contributed by atoms with Crippen LogP contribution in [-0.4, -0.2) is 24.6 Å². The summed E-state index contributed by atoms with van der Waals surface area (Å²) in [5.41, 5.74) is 6.87. The highest BCUT2D eigenvalue weighted by atomic mass is 16.5. The predicted molar refractivity (Wildman–Crippen MR) is 81.8 cm³/mol. The van der Waals surface area contributed by atoms with E-state index in [9.17, 15) is 4.79 Å². The van der Waals surface area contributed by atoms with E-state index in [1.807, 2.05) is 31.2 Å². The molecule has 0 fully saturated rings. The summed E-state index contributed by atoms with van der Waals surface area (Å²) in [6, 6.07) is 7.79. The molecule has 2 unspecified atom stereocenters. The van der Waals surface area contributed by atoms with E-state index in [0.717, 1.165) is 30.6 Å². The van der Waals surface area contributed by atoms with E-state index in [4.69, 9.17) is 10.5 Å². The highest BCUT2D eigenvalue weighted by Gasteiger charge is 2.15. The molecule has 3 N–H and O–H groups in total. The smallest absolute Gasteiger partial charge is 0.260 e. The van der Waals surface area contributed by atoms with Crippen molar-refractivity contribution in [3.05, 3.63) is 29.8 Å². The van der Waals surface area contributed by atoms with Crippen molar-refractivity contribution in [1.82, 2.24) is 5.32 Å². The van der Waals surface area contributed by atoms with Crippen LogP contribution in [0.5, 0.6) is 5.75 Å². The minimum atomic E-state index is -0.499. The van der Waals surface area contributed by atoms with E-state index in [2.05, 4.69) is 12.2 Å². The third-order valence-electron chi connectivity index (χ3n) is 3.02. The number of nitrogens with two attached hydrogens (primary N) is 1. The Balaban J connectivity index is 2.60. The second kappa shape index (κ2) is 8.59. The van der Waals surface area contributed by atoms with Gasteiger partial charge >= 0.3 is 0 Å². The SMILES string of the molecule is CCCCNC(=O)C(C)Oc1ccccc1CC(C)N. The Hall–Kier alpha value is -1.55. The van der Waals surface area contributed by atoms with Crippen molar-refractivity contribution >= 4 is 5.91 Å². The average molecular weight is 278 g/mol. The summed E-state index contributed by atoms with van der Waals surface area (Å²) >= 11 is 0. The lowest BCUT2D eigenvalue weighted by atomic mass is 10.1. The second-order valence-corrected chi connectivity index (χ2v) is 5.19.